The highest BCUT2D eigenvalue weighted by atomic mass is 16.5. The van der Waals surface area contributed by atoms with Crippen molar-refractivity contribution >= 4 is 0 Å². The van der Waals surface area contributed by atoms with Crippen LogP contribution in [0.25, 0.3) is 0 Å². The van der Waals surface area contributed by atoms with Gasteiger partial charge in [-0.15, -0.1) is 0 Å². The average Bonchev–Trinajstić information content (AvgIpc) is 3.04. The summed E-state index contributed by atoms with van der Waals surface area (Å²) in [6.45, 7) is 3.52. The Morgan fingerprint density at radius 1 is 1.11 bits per heavy atom. The highest BCUT2D eigenvalue weighted by Gasteiger charge is 2.42. The van der Waals surface area contributed by atoms with E-state index < -0.39 is 0 Å². The Hall–Kier alpha value is -0.120. The minimum Gasteiger partial charge on any atom is -0.370 e. The summed E-state index contributed by atoms with van der Waals surface area (Å²) in [5, 5.41) is 3.58. The molecule has 3 rings (SSSR count). The van der Waals surface area contributed by atoms with Crippen LogP contribution in [0.3, 0.4) is 0 Å². The molecule has 0 aromatic carbocycles. The van der Waals surface area contributed by atoms with Gasteiger partial charge in [-0.05, 0) is 52.1 Å². The van der Waals surface area contributed by atoms with Crippen LogP contribution in [0.15, 0.2) is 0 Å². The summed E-state index contributed by atoms with van der Waals surface area (Å²) in [5.41, 5.74) is 0.303. The lowest BCUT2D eigenvalue weighted by molar-refractivity contribution is -0.0454. The lowest BCUT2D eigenvalue weighted by Gasteiger charge is -2.27. The van der Waals surface area contributed by atoms with Gasteiger partial charge in [-0.3, -0.25) is 0 Å². The van der Waals surface area contributed by atoms with Gasteiger partial charge in [0.05, 0.1) is 11.7 Å². The molecule has 2 saturated heterocycles. The number of likely N-dealkylation sites (N-methyl/N-ethyl adjacent to an activating group) is 1. The van der Waals surface area contributed by atoms with Crippen molar-refractivity contribution in [1.82, 2.24) is 10.2 Å². The monoisotopic (exact) mass is 252 g/mol. The molecule has 3 nitrogen and oxygen atoms in total. The Labute approximate surface area is 111 Å². The van der Waals surface area contributed by atoms with E-state index in [9.17, 15) is 0 Å². The molecule has 2 atom stereocenters. The van der Waals surface area contributed by atoms with Crippen LogP contribution < -0.4 is 5.32 Å². The first kappa shape index (κ1) is 12.9. The number of hydrogen-bond acceptors (Lipinski definition) is 3. The molecule has 2 aliphatic heterocycles. The fourth-order valence-electron chi connectivity index (χ4n) is 4.12. The molecule has 0 bridgehead atoms. The number of hydrogen-bond donors (Lipinski definition) is 1. The third kappa shape index (κ3) is 2.89. The van der Waals surface area contributed by atoms with Crippen molar-refractivity contribution in [3.63, 3.8) is 0 Å². The van der Waals surface area contributed by atoms with E-state index in [4.69, 9.17) is 4.74 Å². The molecule has 0 aromatic heterocycles. The van der Waals surface area contributed by atoms with Gasteiger partial charge in [0.1, 0.15) is 0 Å². The molecule has 0 radical (unpaired) electrons. The van der Waals surface area contributed by atoms with E-state index in [0.29, 0.717) is 11.7 Å². The fourth-order valence-corrected chi connectivity index (χ4v) is 4.12. The molecule has 0 aromatic rings. The second-order valence-electron chi connectivity index (χ2n) is 6.68. The third-order valence-electron chi connectivity index (χ3n) is 5.06. The first-order chi connectivity index (χ1) is 8.76. The van der Waals surface area contributed by atoms with Gasteiger partial charge in [-0.2, -0.15) is 0 Å². The first-order valence-corrected chi connectivity index (χ1v) is 7.86. The molecule has 18 heavy (non-hydrogen) atoms. The van der Waals surface area contributed by atoms with Gasteiger partial charge >= 0.3 is 0 Å². The zero-order valence-corrected chi connectivity index (χ0v) is 11.8. The zero-order valence-electron chi connectivity index (χ0n) is 11.8. The van der Waals surface area contributed by atoms with Crippen molar-refractivity contribution in [2.45, 2.75) is 69.1 Å². The molecule has 3 heteroatoms. The Balaban J connectivity index is 1.42. The highest BCUT2D eigenvalue weighted by molar-refractivity contribution is 4.93. The van der Waals surface area contributed by atoms with E-state index in [0.717, 1.165) is 12.6 Å². The number of nitrogens with one attached hydrogen (secondary N) is 1. The quantitative estimate of drug-likeness (QED) is 0.830. The van der Waals surface area contributed by atoms with Gasteiger partial charge < -0.3 is 15.0 Å². The Morgan fingerprint density at radius 3 is 2.67 bits per heavy atom. The van der Waals surface area contributed by atoms with Crippen LogP contribution in [0.1, 0.15) is 51.4 Å². The van der Waals surface area contributed by atoms with Gasteiger partial charge in [0.15, 0.2) is 0 Å². The Bertz CT molecular complexity index is 270. The van der Waals surface area contributed by atoms with Crippen molar-refractivity contribution in [2.75, 3.05) is 26.7 Å². The normalized spacial score (nSPS) is 35.0. The Kier molecular flexibility index (Phi) is 3.92. The zero-order chi connectivity index (χ0) is 12.4. The van der Waals surface area contributed by atoms with Gasteiger partial charge in [0, 0.05) is 19.1 Å². The van der Waals surface area contributed by atoms with Gasteiger partial charge in [-0.1, -0.05) is 12.8 Å². The van der Waals surface area contributed by atoms with Gasteiger partial charge in [0.25, 0.3) is 0 Å². The smallest absolute Gasteiger partial charge is 0.0710 e. The second kappa shape index (κ2) is 5.48. The van der Waals surface area contributed by atoms with Crippen molar-refractivity contribution in [3.8, 4) is 0 Å². The number of nitrogens with zero attached hydrogens (tertiary/aromatic N) is 1. The topological polar surface area (TPSA) is 24.5 Å². The van der Waals surface area contributed by atoms with Crippen LogP contribution in [-0.2, 0) is 4.74 Å². The van der Waals surface area contributed by atoms with Gasteiger partial charge in [0.2, 0.25) is 0 Å². The average molecular weight is 252 g/mol. The standard InChI is InChI=1S/C15H28N2O/c1-17(11-13-5-4-10-16-13)12-14-6-9-15(18-14)7-2-3-8-15/h13-14,16H,2-12H2,1H3. The van der Waals surface area contributed by atoms with E-state index in [1.165, 1.54) is 64.5 Å². The lowest BCUT2D eigenvalue weighted by atomic mass is 9.98. The molecule has 1 aliphatic carbocycles. The number of ether oxygens (including phenoxy) is 1. The van der Waals surface area contributed by atoms with Crippen molar-refractivity contribution in [3.05, 3.63) is 0 Å². The van der Waals surface area contributed by atoms with E-state index >= 15 is 0 Å². The predicted molar refractivity (Wildman–Crippen MR) is 73.8 cm³/mol. The predicted octanol–water partition coefficient (Wildman–Crippen LogP) is 2.16. The van der Waals surface area contributed by atoms with Crippen molar-refractivity contribution < 1.29 is 4.74 Å². The van der Waals surface area contributed by atoms with Gasteiger partial charge in [-0.25, -0.2) is 0 Å². The molecule has 2 unspecified atom stereocenters. The SMILES string of the molecule is CN(CC1CCCN1)CC1CCC2(CCCC2)O1. The maximum absolute atomic E-state index is 6.38. The minimum absolute atomic E-state index is 0.303. The molecule has 2 heterocycles. The van der Waals surface area contributed by atoms with Crippen LogP contribution >= 0.6 is 0 Å². The minimum atomic E-state index is 0.303. The van der Waals surface area contributed by atoms with E-state index in [2.05, 4.69) is 17.3 Å². The molecular weight excluding hydrogens is 224 g/mol. The second-order valence-corrected chi connectivity index (χ2v) is 6.68. The summed E-state index contributed by atoms with van der Waals surface area (Å²) < 4.78 is 6.38. The van der Waals surface area contributed by atoms with E-state index in [-0.39, 0.29) is 0 Å². The summed E-state index contributed by atoms with van der Waals surface area (Å²) >= 11 is 0. The molecule has 3 fully saturated rings. The molecule has 3 aliphatic rings. The van der Waals surface area contributed by atoms with Crippen molar-refractivity contribution in [1.29, 1.82) is 0 Å². The lowest BCUT2D eigenvalue weighted by Crippen LogP contribution is -2.39. The number of rotatable bonds is 4. The van der Waals surface area contributed by atoms with Crippen LogP contribution in [0.5, 0.6) is 0 Å². The molecule has 1 spiro atoms. The summed E-state index contributed by atoms with van der Waals surface area (Å²) in [7, 11) is 2.25. The molecule has 104 valence electrons. The first-order valence-electron chi connectivity index (χ1n) is 7.86. The fraction of sp³-hybridized carbons (Fsp3) is 1.00. The molecular formula is C15H28N2O. The summed E-state index contributed by atoms with van der Waals surface area (Å²) in [5.74, 6) is 0. The third-order valence-corrected chi connectivity index (χ3v) is 5.06. The maximum atomic E-state index is 6.38. The van der Waals surface area contributed by atoms with Crippen LogP contribution in [0, 0.1) is 0 Å². The molecule has 0 amide bonds. The molecule has 1 saturated carbocycles. The summed E-state index contributed by atoms with van der Waals surface area (Å²) in [6, 6.07) is 0.719. The van der Waals surface area contributed by atoms with Crippen LogP contribution in [0.2, 0.25) is 0 Å². The van der Waals surface area contributed by atoms with E-state index in [1.54, 1.807) is 0 Å². The maximum Gasteiger partial charge on any atom is 0.0710 e. The summed E-state index contributed by atoms with van der Waals surface area (Å²) in [4.78, 5) is 2.47. The molecule has 1 N–H and O–H groups in total. The van der Waals surface area contributed by atoms with Crippen LogP contribution in [-0.4, -0.2) is 49.3 Å². The summed E-state index contributed by atoms with van der Waals surface area (Å²) in [6.07, 6.45) is 11.2. The van der Waals surface area contributed by atoms with E-state index in [1.807, 2.05) is 0 Å². The highest BCUT2D eigenvalue weighted by Crippen LogP contribution is 2.43. The largest absolute Gasteiger partial charge is 0.370 e. The van der Waals surface area contributed by atoms with Crippen molar-refractivity contribution in [2.24, 2.45) is 0 Å². The van der Waals surface area contributed by atoms with Crippen LogP contribution in [0.4, 0.5) is 0 Å². The Morgan fingerprint density at radius 2 is 1.94 bits per heavy atom.